The van der Waals surface area contributed by atoms with Gasteiger partial charge in [0.1, 0.15) is 0 Å². The van der Waals surface area contributed by atoms with E-state index in [0.29, 0.717) is 37.1 Å². The Hall–Kier alpha value is -2.90. The smallest absolute Gasteiger partial charge is 0.317 e. The molecule has 2 N–H and O–H groups in total. The second-order valence-electron chi connectivity index (χ2n) is 6.37. The number of carboxylic acid groups (broad SMARTS) is 1. The van der Waals surface area contributed by atoms with Gasteiger partial charge in [-0.15, -0.1) is 0 Å². The zero-order valence-electron chi connectivity index (χ0n) is 14.9. The first-order chi connectivity index (χ1) is 12.3. The van der Waals surface area contributed by atoms with Crippen molar-refractivity contribution < 1.29 is 24.3 Å². The van der Waals surface area contributed by atoms with E-state index in [1.165, 1.54) is 23.8 Å². The number of fused-ring (bicyclic) bond motifs is 1. The van der Waals surface area contributed by atoms with E-state index in [2.05, 4.69) is 5.32 Å². The molecule has 8 nitrogen and oxygen atoms in total. The van der Waals surface area contributed by atoms with Crippen LogP contribution in [0.25, 0.3) is 0 Å². The molecule has 2 rings (SSSR count). The maximum atomic E-state index is 12.2. The molecule has 8 heteroatoms. The van der Waals surface area contributed by atoms with Crippen LogP contribution in [-0.2, 0) is 4.79 Å². The first-order valence-electron chi connectivity index (χ1n) is 8.50. The molecule has 0 bridgehead atoms. The Bertz CT molecular complexity index is 684. The van der Waals surface area contributed by atoms with Crippen LogP contribution in [0.1, 0.15) is 40.5 Å². The van der Waals surface area contributed by atoms with Crippen molar-refractivity contribution >= 4 is 23.8 Å². The number of hydrogen-bond acceptors (Lipinski definition) is 4. The summed E-state index contributed by atoms with van der Waals surface area (Å²) in [6.07, 6.45) is 1.17. The third kappa shape index (κ3) is 4.38. The van der Waals surface area contributed by atoms with Gasteiger partial charge in [-0.3, -0.25) is 19.3 Å². The van der Waals surface area contributed by atoms with Crippen LogP contribution in [0.15, 0.2) is 24.3 Å². The molecule has 1 unspecified atom stereocenters. The quantitative estimate of drug-likeness (QED) is 0.538. The fourth-order valence-corrected chi connectivity index (χ4v) is 2.74. The van der Waals surface area contributed by atoms with Gasteiger partial charge in [-0.1, -0.05) is 19.1 Å². The lowest BCUT2D eigenvalue weighted by Crippen LogP contribution is -2.41. The van der Waals surface area contributed by atoms with E-state index >= 15 is 0 Å². The summed E-state index contributed by atoms with van der Waals surface area (Å²) in [6, 6.07) is 6.39. The highest BCUT2D eigenvalue weighted by atomic mass is 16.4. The van der Waals surface area contributed by atoms with Gasteiger partial charge in [0.25, 0.3) is 11.8 Å². The van der Waals surface area contributed by atoms with Gasteiger partial charge >= 0.3 is 12.0 Å². The van der Waals surface area contributed by atoms with Crippen molar-refractivity contribution in [3.8, 4) is 0 Å². The minimum absolute atomic E-state index is 0.121. The molecule has 0 saturated carbocycles. The fraction of sp³-hybridized carbons (Fsp3) is 0.444. The van der Waals surface area contributed by atoms with Crippen LogP contribution < -0.4 is 5.32 Å². The van der Waals surface area contributed by atoms with Crippen molar-refractivity contribution in [2.75, 3.05) is 26.7 Å². The Morgan fingerprint density at radius 2 is 1.73 bits per heavy atom. The summed E-state index contributed by atoms with van der Waals surface area (Å²) < 4.78 is 0. The molecule has 4 amide bonds. The second-order valence-corrected chi connectivity index (χ2v) is 6.37. The van der Waals surface area contributed by atoms with Crippen LogP contribution in [0, 0.1) is 5.92 Å². The van der Waals surface area contributed by atoms with Gasteiger partial charge in [-0.05, 0) is 25.0 Å². The molecule has 1 heterocycles. The molecule has 0 fully saturated rings. The van der Waals surface area contributed by atoms with Crippen LogP contribution in [0.2, 0.25) is 0 Å². The molecule has 0 spiro atoms. The molecular weight excluding hydrogens is 338 g/mol. The number of nitrogens with one attached hydrogen (secondary N) is 1. The van der Waals surface area contributed by atoms with Crippen molar-refractivity contribution in [1.82, 2.24) is 15.1 Å². The van der Waals surface area contributed by atoms with E-state index in [4.69, 9.17) is 5.11 Å². The number of carbonyl (C=O) groups is 4. The number of carboxylic acids is 1. The molecule has 140 valence electrons. The molecule has 1 aliphatic rings. The first-order valence-corrected chi connectivity index (χ1v) is 8.50. The summed E-state index contributed by atoms with van der Waals surface area (Å²) in [6.45, 7) is 2.34. The average molecular weight is 361 g/mol. The van der Waals surface area contributed by atoms with E-state index in [9.17, 15) is 19.2 Å². The Labute approximate surface area is 151 Å². The molecule has 1 aliphatic heterocycles. The van der Waals surface area contributed by atoms with Crippen LogP contribution >= 0.6 is 0 Å². The molecule has 26 heavy (non-hydrogen) atoms. The minimum Gasteiger partial charge on any atom is -0.481 e. The van der Waals surface area contributed by atoms with Gasteiger partial charge in [-0.2, -0.15) is 0 Å². The van der Waals surface area contributed by atoms with Crippen molar-refractivity contribution in [3.63, 3.8) is 0 Å². The van der Waals surface area contributed by atoms with Gasteiger partial charge in [-0.25, -0.2) is 4.79 Å². The maximum absolute atomic E-state index is 12.2. The summed E-state index contributed by atoms with van der Waals surface area (Å²) in [4.78, 5) is 49.6. The van der Waals surface area contributed by atoms with Crippen molar-refractivity contribution in [2.45, 2.75) is 19.8 Å². The molecule has 0 aliphatic carbocycles. The number of rotatable bonds is 8. The lowest BCUT2D eigenvalue weighted by Gasteiger charge is -2.20. The summed E-state index contributed by atoms with van der Waals surface area (Å²) >= 11 is 0. The molecule has 1 aromatic rings. The Morgan fingerprint density at radius 1 is 1.15 bits per heavy atom. The van der Waals surface area contributed by atoms with Gasteiger partial charge in [0.15, 0.2) is 0 Å². The number of unbranched alkanes of at least 4 members (excludes halogenated alkanes) is 1. The van der Waals surface area contributed by atoms with Crippen molar-refractivity contribution in [2.24, 2.45) is 5.92 Å². The zero-order chi connectivity index (χ0) is 19.3. The Morgan fingerprint density at radius 3 is 2.27 bits per heavy atom. The number of benzene rings is 1. The lowest BCUT2D eigenvalue weighted by atomic mass is 10.1. The number of imide groups is 1. The molecule has 0 radical (unpaired) electrons. The third-order valence-electron chi connectivity index (χ3n) is 4.28. The predicted octanol–water partition coefficient (Wildman–Crippen LogP) is 1.42. The molecule has 1 atom stereocenters. The van der Waals surface area contributed by atoms with Crippen LogP contribution in [-0.4, -0.2) is 65.4 Å². The number of aliphatic carboxylic acids is 1. The number of hydrogen-bond donors (Lipinski definition) is 2. The monoisotopic (exact) mass is 361 g/mol. The first kappa shape index (κ1) is 19.4. The van der Waals surface area contributed by atoms with Crippen LogP contribution in [0.3, 0.4) is 0 Å². The Balaban J connectivity index is 1.70. The highest BCUT2D eigenvalue weighted by Crippen LogP contribution is 2.22. The van der Waals surface area contributed by atoms with Crippen molar-refractivity contribution in [3.05, 3.63) is 35.4 Å². The number of carbonyl (C=O) groups excluding carboxylic acids is 3. The summed E-state index contributed by atoms with van der Waals surface area (Å²) in [5, 5.41) is 11.5. The normalized spacial score (nSPS) is 14.2. The van der Waals surface area contributed by atoms with E-state index in [-0.39, 0.29) is 24.4 Å². The minimum atomic E-state index is -0.953. The highest BCUT2D eigenvalue weighted by molar-refractivity contribution is 6.21. The van der Waals surface area contributed by atoms with Gasteiger partial charge in [0, 0.05) is 26.7 Å². The fourth-order valence-electron chi connectivity index (χ4n) is 2.74. The molecule has 1 aromatic carbocycles. The maximum Gasteiger partial charge on any atom is 0.317 e. The molecule has 0 saturated heterocycles. The van der Waals surface area contributed by atoms with Gasteiger partial charge in [0.2, 0.25) is 0 Å². The number of urea groups is 1. The molecular formula is C18H23N3O5. The summed E-state index contributed by atoms with van der Waals surface area (Å²) in [5.74, 6) is -2.15. The topological polar surface area (TPSA) is 107 Å². The van der Waals surface area contributed by atoms with Gasteiger partial charge in [0.05, 0.1) is 17.0 Å². The largest absolute Gasteiger partial charge is 0.481 e. The third-order valence-corrected chi connectivity index (χ3v) is 4.28. The average Bonchev–Trinajstić information content (AvgIpc) is 2.86. The van der Waals surface area contributed by atoms with Crippen molar-refractivity contribution in [1.29, 1.82) is 0 Å². The van der Waals surface area contributed by atoms with Gasteiger partial charge < -0.3 is 15.3 Å². The predicted molar refractivity (Wildman–Crippen MR) is 93.9 cm³/mol. The van der Waals surface area contributed by atoms with E-state index in [1.54, 1.807) is 24.3 Å². The van der Waals surface area contributed by atoms with Crippen LogP contribution in [0.4, 0.5) is 4.79 Å². The van der Waals surface area contributed by atoms with Crippen LogP contribution in [0.5, 0.6) is 0 Å². The SMILES string of the molecule is CC(CN(C)C(=O)NCCCCN1C(=O)c2ccccc2C1=O)C(=O)O. The zero-order valence-corrected chi connectivity index (χ0v) is 14.9. The summed E-state index contributed by atoms with van der Waals surface area (Å²) in [7, 11) is 1.54. The number of amides is 4. The molecule has 0 aromatic heterocycles. The lowest BCUT2D eigenvalue weighted by molar-refractivity contribution is -0.141. The van der Waals surface area contributed by atoms with E-state index in [0.717, 1.165) is 0 Å². The van der Waals surface area contributed by atoms with E-state index in [1.807, 2.05) is 0 Å². The highest BCUT2D eigenvalue weighted by Gasteiger charge is 2.34. The summed E-state index contributed by atoms with van der Waals surface area (Å²) in [5.41, 5.74) is 0.861. The van der Waals surface area contributed by atoms with E-state index < -0.39 is 11.9 Å². The Kier molecular flexibility index (Phi) is 6.32. The standard InChI is InChI=1S/C18H23N3O5/c1-12(17(24)25)11-20(2)18(26)19-9-5-6-10-21-15(22)13-7-3-4-8-14(13)16(21)23/h3-4,7-8,12H,5-6,9-11H2,1-2H3,(H,19,26)(H,24,25). The number of nitrogens with zero attached hydrogens (tertiary/aromatic N) is 2. The second kappa shape index (κ2) is 8.46.